The number of carbonyl (C=O) groups is 1. The van der Waals surface area contributed by atoms with Gasteiger partial charge in [0.05, 0.1) is 11.3 Å². The van der Waals surface area contributed by atoms with Crippen LogP contribution in [-0.2, 0) is 6.42 Å². The lowest BCUT2D eigenvalue weighted by atomic mass is 10.1. The first kappa shape index (κ1) is 19.3. The zero-order chi connectivity index (χ0) is 19.9. The molecule has 0 bridgehead atoms. The first-order valence-electron chi connectivity index (χ1n) is 8.69. The molecule has 3 rings (SSSR count). The van der Waals surface area contributed by atoms with Crippen LogP contribution in [0, 0.1) is 18.3 Å². The lowest BCUT2D eigenvalue weighted by molar-refractivity contribution is 0.0949. The first-order chi connectivity index (χ1) is 13.5. The van der Waals surface area contributed by atoms with Crippen molar-refractivity contribution in [3.8, 4) is 6.07 Å². The molecule has 1 heterocycles. The fourth-order valence-electron chi connectivity index (χ4n) is 2.64. The molecule has 1 aromatic heterocycles. The molecule has 6 nitrogen and oxygen atoms in total. The number of aryl methyl sites for hydroxylation is 1. The molecule has 3 aromatic rings. The van der Waals surface area contributed by atoms with Crippen molar-refractivity contribution in [2.45, 2.75) is 13.3 Å². The summed E-state index contributed by atoms with van der Waals surface area (Å²) in [5.41, 5.74) is 2.46. The van der Waals surface area contributed by atoms with E-state index in [2.05, 4.69) is 26.7 Å². The van der Waals surface area contributed by atoms with E-state index in [-0.39, 0.29) is 11.6 Å². The minimum absolute atomic E-state index is 0.264. The van der Waals surface area contributed by atoms with Gasteiger partial charge in [-0.3, -0.25) is 4.79 Å². The van der Waals surface area contributed by atoms with Gasteiger partial charge in [-0.25, -0.2) is 9.97 Å². The molecule has 0 aliphatic carbocycles. The Labute approximate surface area is 168 Å². The maximum absolute atomic E-state index is 12.5. The number of hydrogen-bond acceptors (Lipinski definition) is 5. The van der Waals surface area contributed by atoms with Gasteiger partial charge in [-0.15, -0.1) is 0 Å². The van der Waals surface area contributed by atoms with Crippen molar-refractivity contribution in [3.05, 3.63) is 82.3 Å². The highest BCUT2D eigenvalue weighted by atomic mass is 35.5. The van der Waals surface area contributed by atoms with E-state index >= 15 is 0 Å². The SMILES string of the molecule is Cc1nc(Nc2ccccc2C#N)cc(C(=O)NCCc2ccc(Cl)cc2)n1. The highest BCUT2D eigenvalue weighted by Crippen LogP contribution is 2.19. The molecule has 2 aromatic carbocycles. The topological polar surface area (TPSA) is 90.7 Å². The number of benzene rings is 2. The van der Waals surface area contributed by atoms with Crippen molar-refractivity contribution < 1.29 is 4.79 Å². The van der Waals surface area contributed by atoms with Crippen LogP contribution in [0.4, 0.5) is 11.5 Å². The molecule has 0 radical (unpaired) electrons. The Balaban J connectivity index is 1.67. The van der Waals surface area contributed by atoms with Gasteiger partial charge in [0, 0.05) is 17.6 Å². The normalized spacial score (nSPS) is 10.2. The van der Waals surface area contributed by atoms with E-state index in [1.807, 2.05) is 30.3 Å². The van der Waals surface area contributed by atoms with Gasteiger partial charge in [0.15, 0.2) is 0 Å². The van der Waals surface area contributed by atoms with E-state index in [0.29, 0.717) is 40.9 Å². The summed E-state index contributed by atoms with van der Waals surface area (Å²) in [6.45, 7) is 2.19. The van der Waals surface area contributed by atoms with E-state index in [1.54, 1.807) is 31.2 Å². The Morgan fingerprint density at radius 1 is 1.14 bits per heavy atom. The predicted molar refractivity (Wildman–Crippen MR) is 109 cm³/mol. The Morgan fingerprint density at radius 2 is 1.89 bits per heavy atom. The third-order valence-electron chi connectivity index (χ3n) is 3.99. The average Bonchev–Trinajstić information content (AvgIpc) is 2.69. The van der Waals surface area contributed by atoms with Crippen LogP contribution in [0.25, 0.3) is 0 Å². The maximum Gasteiger partial charge on any atom is 0.270 e. The Hall–Kier alpha value is -3.43. The molecule has 2 N–H and O–H groups in total. The van der Waals surface area contributed by atoms with Gasteiger partial charge in [-0.1, -0.05) is 35.9 Å². The molecule has 28 heavy (non-hydrogen) atoms. The summed E-state index contributed by atoms with van der Waals surface area (Å²) < 4.78 is 0. The summed E-state index contributed by atoms with van der Waals surface area (Å²) in [4.78, 5) is 21.0. The van der Waals surface area contributed by atoms with Crippen molar-refractivity contribution in [2.75, 3.05) is 11.9 Å². The maximum atomic E-state index is 12.5. The lowest BCUT2D eigenvalue weighted by Crippen LogP contribution is -2.27. The van der Waals surface area contributed by atoms with Crippen LogP contribution < -0.4 is 10.6 Å². The number of carbonyl (C=O) groups excluding carboxylic acids is 1. The summed E-state index contributed by atoms with van der Waals surface area (Å²) in [5.74, 6) is 0.636. The Morgan fingerprint density at radius 3 is 2.64 bits per heavy atom. The lowest BCUT2D eigenvalue weighted by Gasteiger charge is -2.10. The van der Waals surface area contributed by atoms with E-state index in [0.717, 1.165) is 5.56 Å². The molecule has 1 amide bonds. The molecule has 0 saturated heterocycles. The van der Waals surface area contributed by atoms with Crippen LogP contribution in [0.3, 0.4) is 0 Å². The Bertz CT molecular complexity index is 1030. The minimum atomic E-state index is -0.281. The van der Waals surface area contributed by atoms with Crippen LogP contribution in [0.5, 0.6) is 0 Å². The predicted octanol–water partition coefficient (Wildman–Crippen LogP) is 4.03. The number of nitrogens with one attached hydrogen (secondary N) is 2. The molecule has 0 aliphatic rings. The smallest absolute Gasteiger partial charge is 0.270 e. The number of rotatable bonds is 6. The van der Waals surface area contributed by atoms with Crippen LogP contribution in [-0.4, -0.2) is 22.4 Å². The monoisotopic (exact) mass is 391 g/mol. The zero-order valence-corrected chi connectivity index (χ0v) is 16.0. The van der Waals surface area contributed by atoms with Gasteiger partial charge in [0.2, 0.25) is 0 Å². The van der Waals surface area contributed by atoms with Crippen LogP contribution in [0.15, 0.2) is 54.6 Å². The highest BCUT2D eigenvalue weighted by Gasteiger charge is 2.11. The van der Waals surface area contributed by atoms with Crippen molar-refractivity contribution in [3.63, 3.8) is 0 Å². The molecular formula is C21H18ClN5O. The second-order valence-electron chi connectivity index (χ2n) is 6.10. The first-order valence-corrected chi connectivity index (χ1v) is 9.07. The fraction of sp³-hybridized carbons (Fsp3) is 0.143. The van der Waals surface area contributed by atoms with Gasteiger partial charge < -0.3 is 10.6 Å². The van der Waals surface area contributed by atoms with E-state index in [9.17, 15) is 10.1 Å². The number of halogens is 1. The number of nitrogens with zero attached hydrogens (tertiary/aromatic N) is 3. The van der Waals surface area contributed by atoms with Gasteiger partial charge in [0.1, 0.15) is 23.4 Å². The molecule has 0 aliphatic heterocycles. The second kappa shape index (κ2) is 8.98. The van der Waals surface area contributed by atoms with Crippen LogP contribution >= 0.6 is 11.6 Å². The number of para-hydroxylation sites is 1. The van der Waals surface area contributed by atoms with Gasteiger partial charge in [-0.05, 0) is 43.2 Å². The highest BCUT2D eigenvalue weighted by molar-refractivity contribution is 6.30. The van der Waals surface area contributed by atoms with Gasteiger partial charge >= 0.3 is 0 Å². The van der Waals surface area contributed by atoms with Gasteiger partial charge in [0.25, 0.3) is 5.91 Å². The van der Waals surface area contributed by atoms with E-state index in [1.165, 1.54) is 0 Å². The summed E-state index contributed by atoms with van der Waals surface area (Å²) in [6, 6.07) is 18.3. The van der Waals surface area contributed by atoms with Gasteiger partial charge in [-0.2, -0.15) is 5.26 Å². The van der Waals surface area contributed by atoms with E-state index < -0.39 is 0 Å². The van der Waals surface area contributed by atoms with E-state index in [4.69, 9.17) is 11.6 Å². The Kier molecular flexibility index (Phi) is 6.20. The number of amides is 1. The summed E-state index contributed by atoms with van der Waals surface area (Å²) in [7, 11) is 0. The molecule has 0 atom stereocenters. The zero-order valence-electron chi connectivity index (χ0n) is 15.2. The number of aromatic nitrogens is 2. The number of hydrogen-bond donors (Lipinski definition) is 2. The summed E-state index contributed by atoms with van der Waals surface area (Å²) >= 11 is 5.88. The minimum Gasteiger partial charge on any atom is -0.350 e. The fourth-order valence-corrected chi connectivity index (χ4v) is 2.76. The van der Waals surface area contributed by atoms with Crippen molar-refractivity contribution >= 4 is 29.0 Å². The average molecular weight is 392 g/mol. The standard InChI is InChI=1S/C21H18ClN5O/c1-14-25-19(21(28)24-11-10-15-6-8-17(22)9-7-15)12-20(26-14)27-18-5-3-2-4-16(18)13-23/h2-9,12H,10-11H2,1H3,(H,24,28)(H,25,26,27). The summed E-state index contributed by atoms with van der Waals surface area (Å²) in [5, 5.41) is 15.8. The largest absolute Gasteiger partial charge is 0.350 e. The number of anilines is 2. The molecule has 140 valence electrons. The quantitative estimate of drug-likeness (QED) is 0.662. The third-order valence-corrected chi connectivity index (χ3v) is 4.25. The molecular weight excluding hydrogens is 374 g/mol. The molecule has 0 unspecified atom stereocenters. The summed E-state index contributed by atoms with van der Waals surface area (Å²) in [6.07, 6.45) is 0.688. The molecule has 0 spiro atoms. The molecule has 0 saturated carbocycles. The van der Waals surface area contributed by atoms with Crippen molar-refractivity contribution in [1.29, 1.82) is 5.26 Å². The third kappa shape index (κ3) is 5.06. The van der Waals surface area contributed by atoms with Crippen molar-refractivity contribution in [1.82, 2.24) is 15.3 Å². The number of nitriles is 1. The van der Waals surface area contributed by atoms with Crippen molar-refractivity contribution in [2.24, 2.45) is 0 Å². The molecule has 7 heteroatoms. The molecule has 0 fully saturated rings. The second-order valence-corrected chi connectivity index (χ2v) is 6.54. The van der Waals surface area contributed by atoms with Crippen LogP contribution in [0.1, 0.15) is 27.4 Å². The van der Waals surface area contributed by atoms with Crippen LogP contribution in [0.2, 0.25) is 5.02 Å².